The number of nitrogens with zero attached hydrogens (tertiary/aromatic N) is 2. The molecule has 0 aromatic heterocycles. The summed E-state index contributed by atoms with van der Waals surface area (Å²) in [6.07, 6.45) is 0.934. The Kier molecular flexibility index (Phi) is 8.64. The van der Waals surface area contributed by atoms with Gasteiger partial charge in [-0.25, -0.2) is 0 Å². The van der Waals surface area contributed by atoms with E-state index in [1.54, 1.807) is 11.8 Å². The molecular formula is C21H33N3O2S. The van der Waals surface area contributed by atoms with Gasteiger partial charge >= 0.3 is 0 Å². The van der Waals surface area contributed by atoms with Gasteiger partial charge in [-0.1, -0.05) is 39.0 Å². The smallest absolute Gasteiger partial charge is 0.236 e. The molecule has 0 bridgehead atoms. The van der Waals surface area contributed by atoms with Crippen LogP contribution in [0.4, 0.5) is 0 Å². The summed E-state index contributed by atoms with van der Waals surface area (Å²) in [6.45, 7) is 11.6. The quantitative estimate of drug-likeness (QED) is 0.693. The van der Waals surface area contributed by atoms with E-state index in [0.29, 0.717) is 19.6 Å². The van der Waals surface area contributed by atoms with Crippen LogP contribution >= 0.6 is 11.8 Å². The molecule has 1 N–H and O–H groups in total. The van der Waals surface area contributed by atoms with Gasteiger partial charge in [0.05, 0.1) is 11.8 Å². The number of amides is 2. The maximum absolute atomic E-state index is 13.1. The standard InChI is InChI=1S/C21H33N3O2S/c1-5-17(4)22-19(25)15-23-11-13-24(14-12-23)21(26)20(16(2)3)27-18-9-7-6-8-10-18/h6-10,16-17,20H,5,11-15H2,1-4H3,(H,22,25)/t17-,20+/m1/s1. The van der Waals surface area contributed by atoms with Gasteiger partial charge in [0.15, 0.2) is 0 Å². The highest BCUT2D eigenvalue weighted by atomic mass is 32.2. The largest absolute Gasteiger partial charge is 0.353 e. The number of benzene rings is 1. The fourth-order valence-corrected chi connectivity index (χ4v) is 4.18. The number of hydrogen-bond acceptors (Lipinski definition) is 4. The summed E-state index contributed by atoms with van der Waals surface area (Å²) in [5.41, 5.74) is 0. The van der Waals surface area contributed by atoms with Crippen molar-refractivity contribution in [3.8, 4) is 0 Å². The average Bonchev–Trinajstić information content (AvgIpc) is 2.66. The number of nitrogens with one attached hydrogen (secondary N) is 1. The zero-order valence-corrected chi connectivity index (χ0v) is 17.8. The second-order valence-corrected chi connectivity index (χ2v) is 8.79. The molecule has 6 heteroatoms. The molecule has 150 valence electrons. The minimum Gasteiger partial charge on any atom is -0.353 e. The first-order valence-corrected chi connectivity index (χ1v) is 10.8. The Bertz CT molecular complexity index is 601. The van der Waals surface area contributed by atoms with Gasteiger partial charge in [0.2, 0.25) is 11.8 Å². The van der Waals surface area contributed by atoms with E-state index in [4.69, 9.17) is 0 Å². The predicted octanol–water partition coefficient (Wildman–Crippen LogP) is 2.86. The highest BCUT2D eigenvalue weighted by Gasteiger charge is 2.30. The maximum atomic E-state index is 13.1. The van der Waals surface area contributed by atoms with Crippen molar-refractivity contribution >= 4 is 23.6 Å². The number of hydrogen-bond donors (Lipinski definition) is 1. The SMILES string of the molecule is CC[C@@H](C)NC(=O)CN1CCN(C(=O)[C@@H](Sc2ccccc2)C(C)C)CC1. The lowest BCUT2D eigenvalue weighted by Gasteiger charge is -2.36. The molecule has 1 fully saturated rings. The Morgan fingerprint density at radius 3 is 2.26 bits per heavy atom. The third kappa shape index (κ3) is 6.85. The van der Waals surface area contributed by atoms with Crippen LogP contribution in [0.3, 0.4) is 0 Å². The first-order chi connectivity index (χ1) is 12.9. The molecule has 0 radical (unpaired) electrons. The van der Waals surface area contributed by atoms with Gasteiger partial charge in [-0.2, -0.15) is 0 Å². The molecule has 1 saturated heterocycles. The summed E-state index contributed by atoms with van der Waals surface area (Å²) in [6, 6.07) is 10.3. The summed E-state index contributed by atoms with van der Waals surface area (Å²) < 4.78 is 0. The van der Waals surface area contributed by atoms with Gasteiger partial charge in [0.25, 0.3) is 0 Å². The number of carbonyl (C=O) groups excluding carboxylic acids is 2. The van der Waals surface area contributed by atoms with Crippen LogP contribution in [0.15, 0.2) is 35.2 Å². The van der Waals surface area contributed by atoms with Gasteiger partial charge in [0, 0.05) is 37.1 Å². The molecule has 0 saturated carbocycles. The van der Waals surface area contributed by atoms with E-state index in [9.17, 15) is 9.59 Å². The highest BCUT2D eigenvalue weighted by Crippen LogP contribution is 2.29. The number of rotatable bonds is 8. The fraction of sp³-hybridized carbons (Fsp3) is 0.619. The molecule has 5 nitrogen and oxygen atoms in total. The monoisotopic (exact) mass is 391 g/mol. The molecule has 0 spiro atoms. The fourth-order valence-electron chi connectivity index (χ4n) is 3.05. The van der Waals surface area contributed by atoms with Gasteiger partial charge in [-0.05, 0) is 31.4 Å². The molecule has 0 aliphatic carbocycles. The Balaban J connectivity index is 1.86. The Hall–Kier alpha value is -1.53. The number of piperazine rings is 1. The Morgan fingerprint density at radius 1 is 1.07 bits per heavy atom. The average molecular weight is 392 g/mol. The minimum atomic E-state index is -0.0762. The van der Waals surface area contributed by atoms with Crippen LogP contribution in [-0.2, 0) is 9.59 Å². The Morgan fingerprint density at radius 2 is 1.70 bits per heavy atom. The second-order valence-electron chi connectivity index (χ2n) is 7.57. The van der Waals surface area contributed by atoms with Crippen molar-refractivity contribution in [1.29, 1.82) is 0 Å². The molecule has 27 heavy (non-hydrogen) atoms. The summed E-state index contributed by atoms with van der Waals surface area (Å²) in [5.74, 6) is 0.549. The maximum Gasteiger partial charge on any atom is 0.236 e. The zero-order chi connectivity index (χ0) is 19.8. The molecule has 2 rings (SSSR count). The molecule has 1 aliphatic rings. The van der Waals surface area contributed by atoms with Crippen LogP contribution in [-0.4, -0.2) is 65.6 Å². The van der Waals surface area contributed by atoms with E-state index in [-0.39, 0.29) is 29.0 Å². The molecule has 1 aromatic carbocycles. The second kappa shape index (κ2) is 10.7. The van der Waals surface area contributed by atoms with E-state index in [0.717, 1.165) is 24.4 Å². The first kappa shape index (κ1) is 21.8. The number of carbonyl (C=O) groups is 2. The third-order valence-electron chi connectivity index (χ3n) is 4.93. The molecule has 0 unspecified atom stereocenters. The molecular weight excluding hydrogens is 358 g/mol. The molecule has 1 aliphatic heterocycles. The van der Waals surface area contributed by atoms with Gasteiger partial charge in [-0.15, -0.1) is 11.8 Å². The van der Waals surface area contributed by atoms with Crippen molar-refractivity contribution in [2.45, 2.75) is 50.3 Å². The Labute approximate surface area is 167 Å². The van der Waals surface area contributed by atoms with E-state index in [1.807, 2.05) is 30.0 Å². The van der Waals surface area contributed by atoms with Crippen molar-refractivity contribution in [3.63, 3.8) is 0 Å². The van der Waals surface area contributed by atoms with E-state index in [2.05, 4.69) is 43.1 Å². The van der Waals surface area contributed by atoms with E-state index in [1.165, 1.54) is 0 Å². The van der Waals surface area contributed by atoms with Gasteiger partial charge in [0.1, 0.15) is 0 Å². The van der Waals surface area contributed by atoms with Crippen LogP contribution < -0.4 is 5.32 Å². The molecule has 2 amide bonds. The molecule has 2 atom stereocenters. The van der Waals surface area contributed by atoms with Crippen LogP contribution in [0.5, 0.6) is 0 Å². The van der Waals surface area contributed by atoms with E-state index < -0.39 is 0 Å². The normalized spacial score (nSPS) is 17.6. The zero-order valence-electron chi connectivity index (χ0n) is 17.0. The van der Waals surface area contributed by atoms with Crippen LogP contribution in [0.25, 0.3) is 0 Å². The van der Waals surface area contributed by atoms with Crippen molar-refractivity contribution in [3.05, 3.63) is 30.3 Å². The lowest BCUT2D eigenvalue weighted by molar-refractivity contribution is -0.133. The van der Waals surface area contributed by atoms with Gasteiger partial charge in [-0.3, -0.25) is 14.5 Å². The van der Waals surface area contributed by atoms with Crippen molar-refractivity contribution in [2.75, 3.05) is 32.7 Å². The van der Waals surface area contributed by atoms with Crippen LogP contribution in [0, 0.1) is 5.92 Å². The highest BCUT2D eigenvalue weighted by molar-refractivity contribution is 8.00. The number of thioether (sulfide) groups is 1. The van der Waals surface area contributed by atoms with Crippen LogP contribution in [0.1, 0.15) is 34.1 Å². The topological polar surface area (TPSA) is 52.7 Å². The summed E-state index contributed by atoms with van der Waals surface area (Å²) in [5, 5.41) is 2.93. The molecule has 1 aromatic rings. The van der Waals surface area contributed by atoms with Crippen molar-refractivity contribution < 1.29 is 9.59 Å². The van der Waals surface area contributed by atoms with Crippen molar-refractivity contribution in [1.82, 2.24) is 15.1 Å². The lowest BCUT2D eigenvalue weighted by Crippen LogP contribution is -2.53. The van der Waals surface area contributed by atoms with Crippen LogP contribution in [0.2, 0.25) is 0 Å². The summed E-state index contributed by atoms with van der Waals surface area (Å²) in [4.78, 5) is 30.4. The minimum absolute atomic E-state index is 0.0730. The molecule has 1 heterocycles. The van der Waals surface area contributed by atoms with Crippen molar-refractivity contribution in [2.24, 2.45) is 5.92 Å². The summed E-state index contributed by atoms with van der Waals surface area (Å²) >= 11 is 1.65. The van der Waals surface area contributed by atoms with E-state index >= 15 is 0 Å². The predicted molar refractivity (Wildman–Crippen MR) is 112 cm³/mol. The third-order valence-corrected chi connectivity index (χ3v) is 6.47. The first-order valence-electron chi connectivity index (χ1n) is 9.93. The summed E-state index contributed by atoms with van der Waals surface area (Å²) in [7, 11) is 0. The lowest BCUT2D eigenvalue weighted by atomic mass is 10.1. The van der Waals surface area contributed by atoms with Gasteiger partial charge < -0.3 is 10.2 Å².